The molecule has 172 valence electrons. The Morgan fingerprint density at radius 3 is 2.35 bits per heavy atom. The standard InChI is InChI=1S/C21H29F3N4O3/c1-2-16-13-28(11-12-31-16)20(30)15-27-9-7-26(8-10-27)14-19(29)25-18-6-4-3-5-17(18)21(22,23)24/h3-6,16H,2,7-15H2,1H3,(H,25,29). The highest BCUT2D eigenvalue weighted by Crippen LogP contribution is 2.34. The predicted molar refractivity (Wildman–Crippen MR) is 110 cm³/mol. The average molecular weight is 442 g/mol. The van der Waals surface area contributed by atoms with Gasteiger partial charge in [-0.05, 0) is 18.6 Å². The van der Waals surface area contributed by atoms with E-state index in [4.69, 9.17) is 4.74 Å². The third-order valence-corrected chi connectivity index (χ3v) is 5.64. The number of hydrogen-bond donors (Lipinski definition) is 1. The molecule has 0 spiro atoms. The number of nitrogens with one attached hydrogen (secondary N) is 1. The number of anilines is 1. The summed E-state index contributed by atoms with van der Waals surface area (Å²) in [7, 11) is 0. The van der Waals surface area contributed by atoms with Crippen LogP contribution in [0.5, 0.6) is 0 Å². The number of alkyl halides is 3. The van der Waals surface area contributed by atoms with Crippen molar-refractivity contribution in [2.75, 3.05) is 64.3 Å². The smallest absolute Gasteiger partial charge is 0.375 e. The third kappa shape index (κ3) is 6.65. The first kappa shape index (κ1) is 23.5. The van der Waals surface area contributed by atoms with E-state index < -0.39 is 17.6 Å². The monoisotopic (exact) mass is 442 g/mol. The van der Waals surface area contributed by atoms with E-state index in [2.05, 4.69) is 5.32 Å². The van der Waals surface area contributed by atoms with Crippen LogP contribution in [0.25, 0.3) is 0 Å². The lowest BCUT2D eigenvalue weighted by Gasteiger charge is -2.37. The Bertz CT molecular complexity index is 766. The Hall–Kier alpha value is -2.17. The van der Waals surface area contributed by atoms with E-state index in [-0.39, 0.29) is 24.2 Å². The molecule has 1 atom stereocenters. The second-order valence-corrected chi connectivity index (χ2v) is 7.88. The van der Waals surface area contributed by atoms with E-state index in [1.807, 2.05) is 21.6 Å². The van der Waals surface area contributed by atoms with E-state index in [1.54, 1.807) is 0 Å². The van der Waals surface area contributed by atoms with E-state index in [0.717, 1.165) is 12.5 Å². The van der Waals surface area contributed by atoms with Gasteiger partial charge in [-0.15, -0.1) is 0 Å². The zero-order valence-corrected chi connectivity index (χ0v) is 17.7. The lowest BCUT2D eigenvalue weighted by molar-refractivity contribution is -0.140. The molecule has 3 rings (SSSR count). The molecule has 2 amide bonds. The summed E-state index contributed by atoms with van der Waals surface area (Å²) in [6, 6.07) is 4.94. The van der Waals surface area contributed by atoms with Gasteiger partial charge in [0.25, 0.3) is 0 Å². The topological polar surface area (TPSA) is 65.1 Å². The van der Waals surface area contributed by atoms with Gasteiger partial charge in [0.1, 0.15) is 0 Å². The van der Waals surface area contributed by atoms with Crippen molar-refractivity contribution in [1.82, 2.24) is 14.7 Å². The minimum Gasteiger partial charge on any atom is -0.375 e. The Morgan fingerprint density at radius 1 is 1.06 bits per heavy atom. The Balaban J connectivity index is 1.43. The summed E-state index contributed by atoms with van der Waals surface area (Å²) in [5, 5.41) is 2.37. The molecule has 1 N–H and O–H groups in total. The van der Waals surface area contributed by atoms with Crippen molar-refractivity contribution in [3.63, 3.8) is 0 Å². The van der Waals surface area contributed by atoms with Crippen molar-refractivity contribution in [2.24, 2.45) is 0 Å². The maximum absolute atomic E-state index is 13.1. The number of benzene rings is 1. The molecule has 31 heavy (non-hydrogen) atoms. The minimum atomic E-state index is -4.53. The molecule has 1 aromatic rings. The normalized spacial score (nSPS) is 21.2. The summed E-state index contributed by atoms with van der Waals surface area (Å²) in [4.78, 5) is 30.6. The Morgan fingerprint density at radius 2 is 1.71 bits per heavy atom. The molecule has 0 saturated carbocycles. The van der Waals surface area contributed by atoms with E-state index >= 15 is 0 Å². The van der Waals surface area contributed by atoms with Crippen molar-refractivity contribution in [3.05, 3.63) is 29.8 Å². The van der Waals surface area contributed by atoms with Crippen LogP contribution in [0.4, 0.5) is 18.9 Å². The van der Waals surface area contributed by atoms with Gasteiger partial charge in [-0.3, -0.25) is 19.4 Å². The zero-order chi connectivity index (χ0) is 22.4. The van der Waals surface area contributed by atoms with Gasteiger partial charge in [-0.1, -0.05) is 19.1 Å². The summed E-state index contributed by atoms with van der Waals surface area (Å²) in [5.74, 6) is -0.406. The quantitative estimate of drug-likeness (QED) is 0.729. The van der Waals surface area contributed by atoms with Crippen LogP contribution in [0.3, 0.4) is 0 Å². The fraction of sp³-hybridized carbons (Fsp3) is 0.619. The molecule has 1 aromatic carbocycles. The first-order valence-corrected chi connectivity index (χ1v) is 10.6. The van der Waals surface area contributed by atoms with Crippen molar-refractivity contribution < 1.29 is 27.5 Å². The molecular formula is C21H29F3N4O3. The molecule has 0 bridgehead atoms. The molecule has 2 heterocycles. The number of carbonyl (C=O) groups is 2. The largest absolute Gasteiger partial charge is 0.418 e. The third-order valence-electron chi connectivity index (χ3n) is 5.64. The molecule has 2 aliphatic rings. The van der Waals surface area contributed by atoms with Gasteiger partial charge in [0.05, 0.1) is 37.1 Å². The second-order valence-electron chi connectivity index (χ2n) is 7.88. The molecule has 7 nitrogen and oxygen atoms in total. The predicted octanol–water partition coefficient (Wildman–Crippen LogP) is 1.90. The molecule has 0 radical (unpaired) electrons. The SMILES string of the molecule is CCC1CN(C(=O)CN2CCN(CC(=O)Nc3ccccc3C(F)(F)F)CC2)CCO1. The van der Waals surface area contributed by atoms with Crippen LogP contribution in [0, 0.1) is 0 Å². The van der Waals surface area contributed by atoms with E-state index in [1.165, 1.54) is 18.2 Å². The Kier molecular flexibility index (Phi) is 7.90. The minimum absolute atomic E-state index is 0.00955. The zero-order valence-electron chi connectivity index (χ0n) is 17.7. The maximum Gasteiger partial charge on any atom is 0.418 e. The van der Waals surface area contributed by atoms with Gasteiger partial charge in [0, 0.05) is 39.3 Å². The summed E-state index contributed by atoms with van der Waals surface area (Å²) in [6.07, 6.45) is -3.56. The summed E-state index contributed by atoms with van der Waals surface area (Å²) in [5.41, 5.74) is -1.10. The molecule has 10 heteroatoms. The Labute approximate surface area is 180 Å². The fourth-order valence-corrected chi connectivity index (χ4v) is 3.82. The number of nitrogens with zero attached hydrogens (tertiary/aromatic N) is 3. The van der Waals surface area contributed by atoms with Crippen molar-refractivity contribution in [3.8, 4) is 0 Å². The van der Waals surface area contributed by atoms with Gasteiger partial charge in [0.2, 0.25) is 11.8 Å². The van der Waals surface area contributed by atoms with Crippen LogP contribution in [-0.2, 0) is 20.5 Å². The number of halogens is 3. The number of para-hydroxylation sites is 1. The highest BCUT2D eigenvalue weighted by Gasteiger charge is 2.33. The molecular weight excluding hydrogens is 413 g/mol. The van der Waals surface area contributed by atoms with Crippen LogP contribution < -0.4 is 5.32 Å². The number of amides is 2. The van der Waals surface area contributed by atoms with Crippen LogP contribution in [0.2, 0.25) is 0 Å². The molecule has 2 saturated heterocycles. The highest BCUT2D eigenvalue weighted by atomic mass is 19.4. The summed E-state index contributed by atoms with van der Waals surface area (Å²) in [6.45, 7) is 6.55. The number of hydrogen-bond acceptors (Lipinski definition) is 5. The molecule has 2 fully saturated rings. The average Bonchev–Trinajstić information content (AvgIpc) is 2.74. The van der Waals surface area contributed by atoms with Gasteiger partial charge in [-0.25, -0.2) is 0 Å². The van der Waals surface area contributed by atoms with Crippen molar-refractivity contribution in [2.45, 2.75) is 25.6 Å². The number of piperazine rings is 1. The number of ether oxygens (including phenoxy) is 1. The van der Waals surface area contributed by atoms with Crippen molar-refractivity contribution in [1.29, 1.82) is 0 Å². The van der Waals surface area contributed by atoms with Gasteiger partial charge in [0.15, 0.2) is 0 Å². The highest BCUT2D eigenvalue weighted by molar-refractivity contribution is 5.93. The fourth-order valence-electron chi connectivity index (χ4n) is 3.82. The summed E-state index contributed by atoms with van der Waals surface area (Å²) >= 11 is 0. The van der Waals surface area contributed by atoms with Crippen LogP contribution in [-0.4, -0.2) is 91.6 Å². The summed E-state index contributed by atoms with van der Waals surface area (Å²) < 4.78 is 44.8. The van der Waals surface area contributed by atoms with Crippen LogP contribution in [0.1, 0.15) is 18.9 Å². The van der Waals surface area contributed by atoms with E-state index in [0.29, 0.717) is 52.4 Å². The molecule has 1 unspecified atom stereocenters. The van der Waals surface area contributed by atoms with E-state index in [9.17, 15) is 22.8 Å². The van der Waals surface area contributed by atoms with Gasteiger partial charge < -0.3 is 15.0 Å². The van der Waals surface area contributed by atoms with Crippen LogP contribution >= 0.6 is 0 Å². The number of morpholine rings is 1. The van der Waals surface area contributed by atoms with Gasteiger partial charge >= 0.3 is 6.18 Å². The number of carbonyl (C=O) groups excluding carboxylic acids is 2. The van der Waals surface area contributed by atoms with Crippen LogP contribution in [0.15, 0.2) is 24.3 Å². The molecule has 0 aromatic heterocycles. The number of rotatable bonds is 6. The first-order valence-electron chi connectivity index (χ1n) is 10.6. The van der Waals surface area contributed by atoms with Crippen molar-refractivity contribution >= 4 is 17.5 Å². The molecule has 2 aliphatic heterocycles. The maximum atomic E-state index is 13.1. The first-order chi connectivity index (χ1) is 14.8. The lowest BCUT2D eigenvalue weighted by atomic mass is 10.1. The second kappa shape index (κ2) is 10.4. The van der Waals surface area contributed by atoms with Gasteiger partial charge in [-0.2, -0.15) is 13.2 Å². The lowest BCUT2D eigenvalue weighted by Crippen LogP contribution is -2.53. The molecule has 0 aliphatic carbocycles.